The van der Waals surface area contributed by atoms with Gasteiger partial charge in [0, 0.05) is 61.2 Å². The minimum absolute atomic E-state index is 0.671. The molecule has 4 heterocycles. The van der Waals surface area contributed by atoms with Crippen LogP contribution in [0.3, 0.4) is 0 Å². The highest BCUT2D eigenvalue weighted by molar-refractivity contribution is 5.81. The van der Waals surface area contributed by atoms with E-state index in [9.17, 15) is 0 Å². The van der Waals surface area contributed by atoms with E-state index < -0.39 is 0 Å². The summed E-state index contributed by atoms with van der Waals surface area (Å²) in [6.07, 6.45) is 0. The second-order valence-electron chi connectivity index (χ2n) is 30.6. The van der Waals surface area contributed by atoms with Crippen molar-refractivity contribution in [3.05, 3.63) is 483 Å². The van der Waals surface area contributed by atoms with Crippen LogP contribution in [0.4, 0.5) is 0 Å². The van der Waals surface area contributed by atoms with E-state index in [4.69, 9.17) is 39.9 Å². The minimum atomic E-state index is 0.671. The zero-order valence-corrected chi connectivity index (χ0v) is 69.5. The zero-order valence-electron chi connectivity index (χ0n) is 69.5. The predicted molar refractivity (Wildman–Crippen MR) is 514 cm³/mol. The van der Waals surface area contributed by atoms with Gasteiger partial charge in [-0.1, -0.05) is 435 Å². The Morgan fingerprint density at radius 2 is 0.274 bits per heavy atom. The van der Waals surface area contributed by atoms with E-state index in [-0.39, 0.29) is 0 Å². The molecule has 0 amide bonds. The second-order valence-corrected chi connectivity index (χ2v) is 30.6. The van der Waals surface area contributed by atoms with Crippen LogP contribution < -0.4 is 0 Å². The maximum absolute atomic E-state index is 5.01. The first-order chi connectivity index (χ1) is 61.0. The molecule has 0 fully saturated rings. The summed E-state index contributed by atoms with van der Waals surface area (Å²) in [6.45, 7) is 8.39. The lowest BCUT2D eigenvalue weighted by Gasteiger charge is -2.11. The second kappa shape index (κ2) is 38.7. The quantitative estimate of drug-likeness (QED) is 0.0943. The number of hydrogen-bond acceptors (Lipinski definition) is 8. The summed E-state index contributed by atoms with van der Waals surface area (Å²) in [5.41, 5.74) is 34.0. The Kier molecular flexibility index (Phi) is 25.1. The summed E-state index contributed by atoms with van der Waals surface area (Å²) in [5, 5.41) is 0. The van der Waals surface area contributed by atoms with Gasteiger partial charge in [0.25, 0.3) is 0 Å². The van der Waals surface area contributed by atoms with Crippen LogP contribution in [0.1, 0.15) is 22.3 Å². The van der Waals surface area contributed by atoms with Crippen molar-refractivity contribution < 1.29 is 0 Å². The highest BCUT2D eigenvalue weighted by Crippen LogP contribution is 2.37. The van der Waals surface area contributed by atoms with Crippen molar-refractivity contribution in [2.75, 3.05) is 0 Å². The highest BCUT2D eigenvalue weighted by atomic mass is 15.0. The number of rotatable bonds is 16. The number of pyridine rings is 1. The summed E-state index contributed by atoms with van der Waals surface area (Å²) in [7, 11) is 0. The molecule has 8 nitrogen and oxygen atoms in total. The van der Waals surface area contributed by atoms with Gasteiger partial charge in [-0.3, -0.25) is 0 Å². The number of aromatic nitrogens is 8. The van der Waals surface area contributed by atoms with E-state index in [0.717, 1.165) is 107 Å². The standard InChI is InChI=1S/C30H23N.2C29H22N2.C28H21N3/c1-22-9-8-14-27(19-22)30-21-28(20-29(31-30)26-12-6-3-7-13-26)25-17-15-24(16-18-25)23-10-4-2-5-11-23;1-21-9-8-14-26(19-21)28-20-27(30-29(31-28)25-12-6-3-7-13-25)24-17-15-23(16-18-24)22-10-4-2-5-11-22;1-21-9-8-14-26(19-21)29-30-27(24-12-6-3-7-13-24)20-28(31-29)25-17-15-23(16-18-25)22-10-4-2-5-11-22;1-20-9-8-14-25(19-20)28-30-26(23-12-6-3-7-13-23)29-27(31-28)24-17-15-22(16-18-24)21-10-4-2-5-11-21/h2-21H,1H3;2*2-20H,1H3;2-19H,1H3. The molecule has 0 saturated carbocycles. The van der Waals surface area contributed by atoms with Crippen molar-refractivity contribution in [3.8, 4) is 180 Å². The topological polar surface area (TPSA) is 103 Å². The molecule has 20 aromatic rings. The Morgan fingerprint density at radius 1 is 0.105 bits per heavy atom. The molecule has 0 atom stereocenters. The van der Waals surface area contributed by atoms with Crippen LogP contribution in [-0.2, 0) is 0 Å². The lowest BCUT2D eigenvalue weighted by molar-refractivity contribution is 1.07. The van der Waals surface area contributed by atoms with Crippen LogP contribution >= 0.6 is 0 Å². The lowest BCUT2D eigenvalue weighted by Crippen LogP contribution is -2.00. The molecule has 0 unspecified atom stereocenters. The molecule has 124 heavy (non-hydrogen) atoms. The molecule has 0 aliphatic rings. The first kappa shape index (κ1) is 80.3. The molecule has 0 aliphatic heterocycles. The van der Waals surface area contributed by atoms with Gasteiger partial charge in [-0.25, -0.2) is 39.9 Å². The monoisotopic (exact) mass is 1590 g/mol. The first-order valence-corrected chi connectivity index (χ1v) is 41.7. The summed E-state index contributed by atoms with van der Waals surface area (Å²) in [4.78, 5) is 39.0. The Balaban J connectivity index is 0.000000117. The fraction of sp³-hybridized carbons (Fsp3) is 0.0345. The van der Waals surface area contributed by atoms with E-state index in [1.165, 1.54) is 77.9 Å². The average molecular weight is 1590 g/mol. The summed E-state index contributed by atoms with van der Waals surface area (Å²) < 4.78 is 0. The fourth-order valence-corrected chi connectivity index (χ4v) is 14.9. The van der Waals surface area contributed by atoms with Crippen molar-refractivity contribution in [3.63, 3.8) is 0 Å². The van der Waals surface area contributed by atoms with Crippen LogP contribution in [0.25, 0.3) is 180 Å². The Morgan fingerprint density at radius 3 is 0.573 bits per heavy atom. The molecule has 20 rings (SSSR count). The highest BCUT2D eigenvalue weighted by Gasteiger charge is 2.18. The van der Waals surface area contributed by atoms with E-state index in [0.29, 0.717) is 17.5 Å². The van der Waals surface area contributed by atoms with Gasteiger partial charge in [-0.15, -0.1) is 0 Å². The summed E-state index contributed by atoms with van der Waals surface area (Å²) in [5.74, 6) is 3.51. The van der Waals surface area contributed by atoms with Crippen molar-refractivity contribution in [2.45, 2.75) is 27.7 Å². The SMILES string of the molecule is Cc1cccc(-c2cc(-c3ccc(-c4ccccc4)cc3)cc(-c3ccccc3)n2)c1.Cc1cccc(-c2cc(-c3ccc(-c4ccccc4)cc3)nc(-c3ccccc3)n2)c1.Cc1cccc(-c2nc(-c3ccccc3)cc(-c3ccc(-c4ccccc4)cc3)n2)c1.Cc1cccc(-c2nc(-c3ccccc3)nc(-c3ccc(-c4ccccc4)cc3)n2)c1. The fourth-order valence-electron chi connectivity index (χ4n) is 14.9. The number of nitrogens with zero attached hydrogens (tertiary/aromatic N) is 8. The molecule has 592 valence electrons. The molecule has 0 radical (unpaired) electrons. The van der Waals surface area contributed by atoms with Crippen LogP contribution in [0, 0.1) is 27.7 Å². The van der Waals surface area contributed by atoms with E-state index in [2.05, 4.69) is 380 Å². The van der Waals surface area contributed by atoms with Crippen LogP contribution in [-0.4, -0.2) is 39.9 Å². The van der Waals surface area contributed by atoms with E-state index >= 15 is 0 Å². The van der Waals surface area contributed by atoms with Crippen molar-refractivity contribution in [1.29, 1.82) is 0 Å². The average Bonchev–Trinajstić information content (AvgIpc) is 0.809. The van der Waals surface area contributed by atoms with Gasteiger partial charge in [-0.05, 0) is 132 Å². The lowest BCUT2D eigenvalue weighted by atomic mass is 9.97. The van der Waals surface area contributed by atoms with Gasteiger partial charge in [0.2, 0.25) is 0 Å². The largest absolute Gasteiger partial charge is 0.248 e. The van der Waals surface area contributed by atoms with E-state index in [1.54, 1.807) is 0 Å². The molecule has 16 aromatic carbocycles. The Hall–Kier alpha value is -16.2. The van der Waals surface area contributed by atoms with Gasteiger partial charge < -0.3 is 0 Å². The maximum Gasteiger partial charge on any atom is 0.164 e. The minimum Gasteiger partial charge on any atom is -0.248 e. The molecular formula is C116H88N8. The third-order valence-electron chi connectivity index (χ3n) is 21.4. The predicted octanol–water partition coefficient (Wildman–Crippen LogP) is 29.8. The zero-order chi connectivity index (χ0) is 84.2. The summed E-state index contributed by atoms with van der Waals surface area (Å²) >= 11 is 0. The molecular weight excluding hydrogens is 1510 g/mol. The van der Waals surface area contributed by atoms with Gasteiger partial charge in [0.15, 0.2) is 29.1 Å². The number of aryl methyl sites for hydroxylation is 4. The van der Waals surface area contributed by atoms with Crippen molar-refractivity contribution >= 4 is 0 Å². The first-order valence-electron chi connectivity index (χ1n) is 41.7. The van der Waals surface area contributed by atoms with Crippen molar-refractivity contribution in [2.24, 2.45) is 0 Å². The van der Waals surface area contributed by atoms with Crippen LogP contribution in [0.5, 0.6) is 0 Å². The summed E-state index contributed by atoms with van der Waals surface area (Å²) in [6, 6.07) is 159. The molecule has 0 saturated heterocycles. The van der Waals surface area contributed by atoms with Gasteiger partial charge in [-0.2, -0.15) is 0 Å². The third kappa shape index (κ3) is 20.2. The Labute approximate surface area is 726 Å². The third-order valence-corrected chi connectivity index (χ3v) is 21.4. The van der Waals surface area contributed by atoms with Crippen LogP contribution in [0.2, 0.25) is 0 Å². The molecule has 0 N–H and O–H groups in total. The molecule has 0 spiro atoms. The molecule has 0 bridgehead atoms. The van der Waals surface area contributed by atoms with Crippen LogP contribution in [0.15, 0.2) is 461 Å². The van der Waals surface area contributed by atoms with Gasteiger partial charge in [0.05, 0.1) is 34.2 Å². The molecule has 4 aromatic heterocycles. The normalized spacial score (nSPS) is 10.7. The number of hydrogen-bond donors (Lipinski definition) is 0. The molecule has 0 aliphatic carbocycles. The molecule has 8 heteroatoms. The van der Waals surface area contributed by atoms with E-state index in [1.807, 2.05) is 109 Å². The van der Waals surface area contributed by atoms with Gasteiger partial charge >= 0.3 is 0 Å². The maximum atomic E-state index is 5.01. The van der Waals surface area contributed by atoms with Gasteiger partial charge in [0.1, 0.15) is 0 Å². The van der Waals surface area contributed by atoms with Crippen molar-refractivity contribution in [1.82, 2.24) is 39.9 Å². The number of benzene rings is 16. The smallest absolute Gasteiger partial charge is 0.164 e. The Bertz CT molecular complexity index is 6080.